The fraction of sp³-hybridized carbons (Fsp3) is 0. The first-order chi connectivity index (χ1) is 6.70. The first kappa shape index (κ1) is 9.65. The lowest BCUT2D eigenvalue weighted by atomic mass is 10.1. The van der Waals surface area contributed by atoms with Gasteiger partial charge in [0.15, 0.2) is 0 Å². The summed E-state index contributed by atoms with van der Waals surface area (Å²) in [5.74, 6) is 0. The molecule has 1 unspecified atom stereocenters. The maximum absolute atomic E-state index is 10.9. The normalized spacial score (nSPS) is 13.0. The van der Waals surface area contributed by atoms with Crippen LogP contribution in [0.5, 0.6) is 0 Å². The van der Waals surface area contributed by atoms with Crippen LogP contribution in [-0.2, 0) is 11.1 Å². The highest BCUT2D eigenvalue weighted by molar-refractivity contribution is 7.79. The zero-order valence-corrected chi connectivity index (χ0v) is 8.64. The van der Waals surface area contributed by atoms with Crippen molar-refractivity contribution in [3.8, 4) is 0 Å². The van der Waals surface area contributed by atoms with Crippen LogP contribution >= 0.6 is 11.6 Å². The molecule has 2 aromatic rings. The van der Waals surface area contributed by atoms with E-state index in [1.807, 2.05) is 6.07 Å². The van der Waals surface area contributed by atoms with Crippen LogP contribution in [0.4, 0.5) is 0 Å². The van der Waals surface area contributed by atoms with Crippen LogP contribution in [0.25, 0.3) is 10.8 Å². The highest BCUT2D eigenvalue weighted by atomic mass is 35.5. The Morgan fingerprint density at radius 2 is 1.71 bits per heavy atom. The third kappa shape index (κ3) is 1.54. The lowest BCUT2D eigenvalue weighted by molar-refractivity contribution is 0.538. The molecular weight excluding hydrogens is 220 g/mol. The molecule has 0 heterocycles. The summed E-state index contributed by atoms with van der Waals surface area (Å²) in [6, 6.07) is 10.3. The smallest absolute Gasteiger partial charge is 0.0485 e. The summed E-state index contributed by atoms with van der Waals surface area (Å²) in [5.41, 5.74) is 0. The van der Waals surface area contributed by atoms with Crippen LogP contribution < -0.4 is 0 Å². The highest BCUT2D eigenvalue weighted by Gasteiger charge is 2.03. The summed E-state index contributed by atoms with van der Waals surface area (Å²) in [5, 5.41) is 1.99. The average molecular weight is 226 g/mol. The van der Waals surface area contributed by atoms with Crippen molar-refractivity contribution in [2.75, 3.05) is 0 Å². The number of halogens is 1. The maximum atomic E-state index is 10.9. The van der Waals surface area contributed by atoms with E-state index >= 15 is 0 Å². The molecular formula is C10H6ClO2S-. The quantitative estimate of drug-likeness (QED) is 0.701. The molecule has 1 atom stereocenters. The van der Waals surface area contributed by atoms with E-state index < -0.39 is 11.1 Å². The number of benzene rings is 2. The van der Waals surface area contributed by atoms with Crippen molar-refractivity contribution in [1.29, 1.82) is 0 Å². The van der Waals surface area contributed by atoms with E-state index in [1.54, 1.807) is 24.3 Å². The van der Waals surface area contributed by atoms with Gasteiger partial charge in [-0.1, -0.05) is 35.9 Å². The van der Waals surface area contributed by atoms with E-state index in [9.17, 15) is 8.76 Å². The van der Waals surface area contributed by atoms with Gasteiger partial charge in [-0.15, -0.1) is 0 Å². The summed E-state index contributed by atoms with van der Waals surface area (Å²) in [6.45, 7) is 0. The topological polar surface area (TPSA) is 40.1 Å². The molecule has 0 spiro atoms. The van der Waals surface area contributed by atoms with Crippen LogP contribution in [0.3, 0.4) is 0 Å². The van der Waals surface area contributed by atoms with Crippen LogP contribution in [0.2, 0.25) is 5.02 Å². The summed E-state index contributed by atoms with van der Waals surface area (Å²) in [6.07, 6.45) is 0. The zero-order chi connectivity index (χ0) is 10.1. The van der Waals surface area contributed by atoms with Crippen molar-refractivity contribution < 1.29 is 8.76 Å². The molecule has 0 aliphatic carbocycles. The molecule has 0 fully saturated rings. The number of hydrogen-bond acceptors (Lipinski definition) is 2. The molecule has 14 heavy (non-hydrogen) atoms. The third-order valence-electron chi connectivity index (χ3n) is 2.01. The Bertz CT molecular complexity index is 510. The van der Waals surface area contributed by atoms with Crippen LogP contribution in [0.15, 0.2) is 41.3 Å². The lowest BCUT2D eigenvalue weighted by Gasteiger charge is -2.09. The third-order valence-corrected chi connectivity index (χ3v) is 3.06. The van der Waals surface area contributed by atoms with E-state index in [4.69, 9.17) is 11.6 Å². The molecule has 2 rings (SSSR count). The predicted molar refractivity (Wildman–Crippen MR) is 56.1 cm³/mol. The molecule has 0 bridgehead atoms. The second kappa shape index (κ2) is 3.69. The Morgan fingerprint density at radius 1 is 1.07 bits per heavy atom. The Labute approximate surface area is 88.8 Å². The van der Waals surface area contributed by atoms with E-state index in [2.05, 4.69) is 0 Å². The number of hydrogen-bond donors (Lipinski definition) is 0. The molecule has 2 nitrogen and oxygen atoms in total. The van der Waals surface area contributed by atoms with Gasteiger partial charge in [0.2, 0.25) is 0 Å². The molecule has 4 heteroatoms. The second-order valence-electron chi connectivity index (χ2n) is 2.83. The molecule has 72 valence electrons. The highest BCUT2D eigenvalue weighted by Crippen LogP contribution is 2.27. The fourth-order valence-electron chi connectivity index (χ4n) is 1.38. The van der Waals surface area contributed by atoms with Crippen molar-refractivity contribution in [1.82, 2.24) is 0 Å². The standard InChI is InChI=1S/C10H7ClO2S/c11-9-5-6-10(14(12)13)8-4-2-1-3-7(8)9/h1-6H,(H,12,13)/p-1. The Hall–Kier alpha value is -0.900. The van der Waals surface area contributed by atoms with Crippen LogP contribution in [0.1, 0.15) is 0 Å². The number of fused-ring (bicyclic) bond motifs is 1. The Morgan fingerprint density at radius 3 is 2.36 bits per heavy atom. The summed E-state index contributed by atoms with van der Waals surface area (Å²) in [7, 11) is 0. The van der Waals surface area contributed by atoms with Crippen molar-refractivity contribution in [3.63, 3.8) is 0 Å². The Balaban J connectivity index is 2.88. The molecule has 0 radical (unpaired) electrons. The molecule has 0 amide bonds. The van der Waals surface area contributed by atoms with Gasteiger partial charge < -0.3 is 4.55 Å². The van der Waals surface area contributed by atoms with Crippen molar-refractivity contribution in [3.05, 3.63) is 41.4 Å². The summed E-state index contributed by atoms with van der Waals surface area (Å²) >= 11 is 3.71. The summed E-state index contributed by atoms with van der Waals surface area (Å²) in [4.78, 5) is 0.282. The fourth-order valence-corrected chi connectivity index (χ4v) is 2.14. The van der Waals surface area contributed by atoms with E-state index in [1.165, 1.54) is 6.07 Å². The average Bonchev–Trinajstić information content (AvgIpc) is 2.18. The van der Waals surface area contributed by atoms with Gasteiger partial charge in [0.25, 0.3) is 0 Å². The van der Waals surface area contributed by atoms with Crippen molar-refractivity contribution >= 4 is 33.5 Å². The first-order valence-corrected chi connectivity index (χ1v) is 5.42. The molecule has 0 aromatic heterocycles. The van der Waals surface area contributed by atoms with Gasteiger partial charge in [0.05, 0.1) is 0 Å². The second-order valence-corrected chi connectivity index (χ2v) is 4.14. The van der Waals surface area contributed by atoms with Crippen molar-refractivity contribution in [2.45, 2.75) is 4.90 Å². The largest absolute Gasteiger partial charge is 0.768 e. The van der Waals surface area contributed by atoms with Gasteiger partial charge in [-0.2, -0.15) is 0 Å². The minimum atomic E-state index is -2.22. The van der Waals surface area contributed by atoms with E-state index in [0.717, 1.165) is 5.39 Å². The molecule has 2 aromatic carbocycles. The van der Waals surface area contributed by atoms with Crippen LogP contribution in [0, 0.1) is 0 Å². The zero-order valence-electron chi connectivity index (χ0n) is 7.07. The number of rotatable bonds is 1. The van der Waals surface area contributed by atoms with Crippen molar-refractivity contribution in [2.24, 2.45) is 0 Å². The SMILES string of the molecule is O=S([O-])c1ccc(Cl)c2ccccc12. The minimum absolute atomic E-state index is 0.282. The van der Waals surface area contributed by atoms with Gasteiger partial charge in [-0.3, -0.25) is 4.21 Å². The van der Waals surface area contributed by atoms with Crippen LogP contribution in [-0.4, -0.2) is 8.76 Å². The molecule has 0 N–H and O–H groups in total. The van der Waals surface area contributed by atoms with E-state index in [0.29, 0.717) is 10.4 Å². The molecule has 0 aliphatic heterocycles. The monoisotopic (exact) mass is 225 g/mol. The van der Waals surface area contributed by atoms with Gasteiger partial charge in [-0.05, 0) is 28.6 Å². The lowest BCUT2D eigenvalue weighted by Crippen LogP contribution is -1.90. The van der Waals surface area contributed by atoms with E-state index in [-0.39, 0.29) is 4.90 Å². The molecule has 0 aliphatic rings. The van der Waals surface area contributed by atoms with Gasteiger partial charge in [0, 0.05) is 15.3 Å². The van der Waals surface area contributed by atoms with Gasteiger partial charge >= 0.3 is 0 Å². The molecule has 0 saturated carbocycles. The Kier molecular flexibility index (Phi) is 2.54. The summed E-state index contributed by atoms with van der Waals surface area (Å²) < 4.78 is 21.8. The minimum Gasteiger partial charge on any atom is -0.768 e. The maximum Gasteiger partial charge on any atom is 0.0485 e. The predicted octanol–water partition coefficient (Wildman–Crippen LogP) is 2.73. The molecule has 0 saturated heterocycles. The first-order valence-electron chi connectivity index (χ1n) is 3.96. The van der Waals surface area contributed by atoms with Gasteiger partial charge in [0.1, 0.15) is 0 Å². The van der Waals surface area contributed by atoms with Gasteiger partial charge in [-0.25, -0.2) is 0 Å².